The van der Waals surface area contributed by atoms with Crippen molar-refractivity contribution in [3.05, 3.63) is 21.6 Å². The van der Waals surface area contributed by atoms with E-state index in [1.165, 1.54) is 0 Å². The molecule has 98 valence electrons. The van der Waals surface area contributed by atoms with Gasteiger partial charge in [0.15, 0.2) is 0 Å². The summed E-state index contributed by atoms with van der Waals surface area (Å²) in [5.41, 5.74) is 1.80. The Kier molecular flexibility index (Phi) is 4.42. The highest BCUT2D eigenvalue weighted by molar-refractivity contribution is 9.10. The van der Waals surface area contributed by atoms with Crippen molar-refractivity contribution in [2.45, 2.75) is 13.5 Å². The van der Waals surface area contributed by atoms with E-state index in [0.29, 0.717) is 18.8 Å². The number of hydrogen-bond donors (Lipinski definition) is 1. The summed E-state index contributed by atoms with van der Waals surface area (Å²) in [5, 5.41) is 4.89. The topological polar surface area (TPSA) is 43.3 Å². The first-order valence-electron chi connectivity index (χ1n) is 5.72. The van der Waals surface area contributed by atoms with Crippen LogP contribution >= 0.6 is 27.3 Å². The summed E-state index contributed by atoms with van der Waals surface area (Å²) < 4.78 is 9.11. The van der Waals surface area contributed by atoms with Crippen LogP contribution in [0.3, 0.4) is 0 Å². The number of hydrogen-bond acceptors (Lipinski definition) is 3. The van der Waals surface area contributed by atoms with Crippen LogP contribution in [0.4, 0.5) is 0 Å². The zero-order valence-corrected chi connectivity index (χ0v) is 12.7. The molecule has 4 nitrogen and oxygen atoms in total. The largest absolute Gasteiger partial charge is 0.383 e. The number of nitrogens with zero attached hydrogens (tertiary/aromatic N) is 1. The maximum absolute atomic E-state index is 12.1. The minimum Gasteiger partial charge on any atom is -0.383 e. The molecule has 2 aromatic heterocycles. The first-order chi connectivity index (χ1) is 8.69. The first-order valence-corrected chi connectivity index (χ1v) is 7.39. The number of ether oxygens (including phenoxy) is 1. The number of halogens is 1. The molecule has 0 bridgehead atoms. The third-order valence-electron chi connectivity index (χ3n) is 2.72. The lowest BCUT2D eigenvalue weighted by molar-refractivity contribution is 0.0928. The number of methoxy groups -OCH3 is 1. The fraction of sp³-hybridized carbons (Fsp3) is 0.417. The van der Waals surface area contributed by atoms with E-state index in [-0.39, 0.29) is 5.91 Å². The number of amides is 1. The van der Waals surface area contributed by atoms with Gasteiger partial charge in [0, 0.05) is 25.6 Å². The van der Waals surface area contributed by atoms with E-state index in [0.717, 1.165) is 21.2 Å². The molecule has 2 aromatic rings. The molecule has 0 aliphatic carbocycles. The van der Waals surface area contributed by atoms with E-state index in [2.05, 4.69) is 21.2 Å². The van der Waals surface area contributed by atoms with Gasteiger partial charge in [0.2, 0.25) is 0 Å². The maximum Gasteiger partial charge on any atom is 0.268 e. The van der Waals surface area contributed by atoms with Gasteiger partial charge in [-0.2, -0.15) is 0 Å². The highest BCUT2D eigenvalue weighted by Gasteiger charge is 2.17. The lowest BCUT2D eigenvalue weighted by Crippen LogP contribution is -2.28. The molecule has 0 fully saturated rings. The van der Waals surface area contributed by atoms with Gasteiger partial charge >= 0.3 is 0 Å². The minimum atomic E-state index is -0.0517. The molecule has 18 heavy (non-hydrogen) atoms. The van der Waals surface area contributed by atoms with Crippen LogP contribution in [-0.4, -0.2) is 30.7 Å². The van der Waals surface area contributed by atoms with Crippen LogP contribution in [0.15, 0.2) is 15.9 Å². The van der Waals surface area contributed by atoms with Gasteiger partial charge in [-0.15, -0.1) is 11.3 Å². The van der Waals surface area contributed by atoms with Crippen LogP contribution in [0, 0.1) is 0 Å². The van der Waals surface area contributed by atoms with Crippen molar-refractivity contribution in [2.24, 2.45) is 0 Å². The molecule has 6 heteroatoms. The molecule has 0 aromatic carbocycles. The number of fused-ring (bicyclic) bond motifs is 1. The third kappa shape index (κ3) is 2.46. The molecular weight excluding hydrogens is 316 g/mol. The summed E-state index contributed by atoms with van der Waals surface area (Å²) in [5.74, 6) is -0.0517. The standard InChI is InChI=1S/C12H15BrN2O2S/c1-3-15-9(12(16)14-4-5-17-2)6-10-11(15)8(13)7-18-10/h6-7H,3-5H2,1-2H3,(H,14,16). The molecule has 0 radical (unpaired) electrons. The van der Waals surface area contributed by atoms with Gasteiger partial charge in [0.1, 0.15) is 5.69 Å². The summed E-state index contributed by atoms with van der Waals surface area (Å²) >= 11 is 5.16. The summed E-state index contributed by atoms with van der Waals surface area (Å²) in [6, 6.07) is 1.94. The Hall–Kier alpha value is -0.850. The first kappa shape index (κ1) is 13.6. The van der Waals surface area contributed by atoms with Gasteiger partial charge in [0.05, 0.1) is 21.3 Å². The molecule has 0 atom stereocenters. The van der Waals surface area contributed by atoms with Crippen molar-refractivity contribution in [2.75, 3.05) is 20.3 Å². The summed E-state index contributed by atoms with van der Waals surface area (Å²) in [6.07, 6.45) is 0. The SMILES string of the molecule is CCn1c(C(=O)NCCOC)cc2scc(Br)c21. The van der Waals surface area contributed by atoms with E-state index < -0.39 is 0 Å². The van der Waals surface area contributed by atoms with E-state index in [4.69, 9.17) is 4.74 Å². The average Bonchev–Trinajstić information content (AvgIpc) is 2.89. The maximum atomic E-state index is 12.1. The Balaban J connectivity index is 2.29. The zero-order chi connectivity index (χ0) is 13.1. The second-order valence-corrected chi connectivity index (χ2v) is 5.58. The summed E-state index contributed by atoms with van der Waals surface area (Å²) in [4.78, 5) is 12.1. The molecular formula is C12H15BrN2O2S. The molecule has 0 spiro atoms. The van der Waals surface area contributed by atoms with Crippen LogP contribution in [0.25, 0.3) is 10.2 Å². The predicted octanol–water partition coefficient (Wildman–Crippen LogP) is 2.86. The van der Waals surface area contributed by atoms with Crippen molar-refractivity contribution in [1.82, 2.24) is 9.88 Å². The molecule has 0 aliphatic rings. The quantitative estimate of drug-likeness (QED) is 0.856. The van der Waals surface area contributed by atoms with E-state index >= 15 is 0 Å². The summed E-state index contributed by atoms with van der Waals surface area (Å²) in [7, 11) is 1.62. The van der Waals surface area contributed by atoms with Crippen LogP contribution in [0.2, 0.25) is 0 Å². The van der Waals surface area contributed by atoms with Crippen LogP contribution < -0.4 is 5.32 Å². The fourth-order valence-electron chi connectivity index (χ4n) is 1.91. The lowest BCUT2D eigenvalue weighted by Gasteiger charge is -2.08. The van der Waals surface area contributed by atoms with Gasteiger partial charge in [-0.25, -0.2) is 0 Å². The van der Waals surface area contributed by atoms with E-state index in [1.807, 2.05) is 22.9 Å². The van der Waals surface area contributed by atoms with Crippen molar-refractivity contribution in [3.8, 4) is 0 Å². The fourth-order valence-corrected chi connectivity index (χ4v) is 3.60. The van der Waals surface area contributed by atoms with Crippen molar-refractivity contribution < 1.29 is 9.53 Å². The Morgan fingerprint density at radius 2 is 2.39 bits per heavy atom. The van der Waals surface area contributed by atoms with Crippen molar-refractivity contribution in [1.29, 1.82) is 0 Å². The number of nitrogens with one attached hydrogen (secondary N) is 1. The van der Waals surface area contributed by atoms with Gasteiger partial charge in [-0.1, -0.05) is 0 Å². The van der Waals surface area contributed by atoms with Gasteiger partial charge < -0.3 is 14.6 Å². The molecule has 2 heterocycles. The van der Waals surface area contributed by atoms with Gasteiger partial charge in [-0.05, 0) is 28.9 Å². The molecule has 0 aliphatic heterocycles. The zero-order valence-electron chi connectivity index (χ0n) is 10.3. The average molecular weight is 331 g/mol. The molecule has 0 unspecified atom stereocenters. The van der Waals surface area contributed by atoms with E-state index in [9.17, 15) is 4.79 Å². The molecule has 2 rings (SSSR count). The molecule has 1 amide bonds. The smallest absolute Gasteiger partial charge is 0.268 e. The Labute approximate surface area is 118 Å². The molecule has 0 saturated heterocycles. The normalized spacial score (nSPS) is 11.1. The number of aryl methyl sites for hydroxylation is 1. The number of thiophene rings is 1. The van der Waals surface area contributed by atoms with Gasteiger partial charge in [0.25, 0.3) is 5.91 Å². The Morgan fingerprint density at radius 1 is 1.61 bits per heavy atom. The monoisotopic (exact) mass is 330 g/mol. The number of aromatic nitrogens is 1. The minimum absolute atomic E-state index is 0.0517. The predicted molar refractivity (Wildman–Crippen MR) is 77.4 cm³/mol. The summed E-state index contributed by atoms with van der Waals surface area (Å²) in [6.45, 7) is 3.86. The Morgan fingerprint density at radius 3 is 3.06 bits per heavy atom. The number of carbonyl (C=O) groups excluding carboxylic acids is 1. The van der Waals surface area contributed by atoms with Crippen molar-refractivity contribution in [3.63, 3.8) is 0 Å². The molecule has 0 saturated carbocycles. The second kappa shape index (κ2) is 5.86. The van der Waals surface area contributed by atoms with Crippen molar-refractivity contribution >= 4 is 43.4 Å². The van der Waals surface area contributed by atoms with Crippen LogP contribution in [-0.2, 0) is 11.3 Å². The third-order valence-corrected chi connectivity index (χ3v) is 4.54. The number of carbonyl (C=O) groups is 1. The van der Waals surface area contributed by atoms with Crippen LogP contribution in [0.5, 0.6) is 0 Å². The lowest BCUT2D eigenvalue weighted by atomic mass is 10.4. The molecule has 1 N–H and O–H groups in total. The van der Waals surface area contributed by atoms with Crippen LogP contribution in [0.1, 0.15) is 17.4 Å². The highest BCUT2D eigenvalue weighted by Crippen LogP contribution is 2.33. The highest BCUT2D eigenvalue weighted by atomic mass is 79.9. The Bertz CT molecular complexity index is 562. The second-order valence-electron chi connectivity index (χ2n) is 3.82. The number of rotatable bonds is 5. The van der Waals surface area contributed by atoms with Gasteiger partial charge in [-0.3, -0.25) is 4.79 Å². The van der Waals surface area contributed by atoms with E-state index in [1.54, 1.807) is 18.4 Å².